The van der Waals surface area contributed by atoms with E-state index in [-0.39, 0.29) is 29.9 Å². The first-order valence-corrected chi connectivity index (χ1v) is 9.68. The standard InChI is InChI=1S/C21H30N4O3.HI/c1-5-16(6-2)19-13-18(28-25-19)14-24-21(22-3)23-12-11-15-7-9-17(10-8-15)20(26)27-4;/h7-10,13,16H,5-6,11-12,14H2,1-4H3,(H2,22,23,24);1H. The van der Waals surface area contributed by atoms with Crippen molar-refractivity contribution >= 4 is 35.9 Å². The van der Waals surface area contributed by atoms with Crippen LogP contribution in [0.3, 0.4) is 0 Å². The van der Waals surface area contributed by atoms with Crippen molar-refractivity contribution in [1.29, 1.82) is 0 Å². The number of rotatable bonds is 9. The van der Waals surface area contributed by atoms with Crippen molar-refractivity contribution in [3.8, 4) is 0 Å². The molecule has 0 radical (unpaired) electrons. The number of guanidine groups is 1. The lowest BCUT2D eigenvalue weighted by Crippen LogP contribution is -2.37. The summed E-state index contributed by atoms with van der Waals surface area (Å²) >= 11 is 0. The van der Waals surface area contributed by atoms with Crippen LogP contribution in [0.4, 0.5) is 0 Å². The van der Waals surface area contributed by atoms with Crippen molar-refractivity contribution < 1.29 is 14.1 Å². The van der Waals surface area contributed by atoms with Gasteiger partial charge >= 0.3 is 5.97 Å². The van der Waals surface area contributed by atoms with E-state index in [1.165, 1.54) is 7.11 Å². The Labute approximate surface area is 189 Å². The van der Waals surface area contributed by atoms with E-state index in [0.29, 0.717) is 30.5 Å². The average molecular weight is 514 g/mol. The van der Waals surface area contributed by atoms with Crippen molar-refractivity contribution in [1.82, 2.24) is 15.8 Å². The van der Waals surface area contributed by atoms with Gasteiger partial charge in [0.05, 0.1) is 24.9 Å². The molecule has 0 aliphatic heterocycles. The maximum atomic E-state index is 11.5. The third-order valence-corrected chi connectivity index (χ3v) is 4.72. The van der Waals surface area contributed by atoms with E-state index in [0.717, 1.165) is 36.3 Å². The summed E-state index contributed by atoms with van der Waals surface area (Å²) in [5, 5.41) is 10.7. The van der Waals surface area contributed by atoms with Crippen molar-refractivity contribution in [2.24, 2.45) is 4.99 Å². The van der Waals surface area contributed by atoms with Gasteiger partial charge in [-0.2, -0.15) is 0 Å². The molecule has 29 heavy (non-hydrogen) atoms. The molecule has 8 heteroatoms. The number of halogens is 1. The number of methoxy groups -OCH3 is 1. The van der Waals surface area contributed by atoms with Crippen LogP contribution < -0.4 is 10.6 Å². The van der Waals surface area contributed by atoms with Crippen LogP contribution in [0.25, 0.3) is 0 Å². The first kappa shape index (κ1) is 24.9. The SMILES string of the molecule is CCC(CC)c1cc(CNC(=NC)NCCc2ccc(C(=O)OC)cc2)on1.I. The fraction of sp³-hybridized carbons (Fsp3) is 0.476. The van der Waals surface area contributed by atoms with Crippen LogP contribution in [-0.2, 0) is 17.7 Å². The molecule has 1 aromatic heterocycles. The van der Waals surface area contributed by atoms with Gasteiger partial charge in [-0.1, -0.05) is 31.1 Å². The molecule has 0 bridgehead atoms. The number of benzene rings is 1. The van der Waals surface area contributed by atoms with E-state index in [2.05, 4.69) is 34.6 Å². The average Bonchev–Trinajstić information content (AvgIpc) is 3.20. The summed E-state index contributed by atoms with van der Waals surface area (Å²) < 4.78 is 10.1. The summed E-state index contributed by atoms with van der Waals surface area (Å²) in [5.74, 6) is 1.62. The molecule has 0 aliphatic rings. The molecule has 0 unspecified atom stereocenters. The van der Waals surface area contributed by atoms with Gasteiger partial charge in [0.2, 0.25) is 0 Å². The largest absolute Gasteiger partial charge is 0.465 e. The lowest BCUT2D eigenvalue weighted by molar-refractivity contribution is 0.0600. The molecule has 7 nitrogen and oxygen atoms in total. The van der Waals surface area contributed by atoms with Gasteiger partial charge in [-0.15, -0.1) is 24.0 Å². The van der Waals surface area contributed by atoms with E-state index in [9.17, 15) is 4.79 Å². The second-order valence-corrected chi connectivity index (χ2v) is 6.52. The van der Waals surface area contributed by atoms with Gasteiger partial charge in [0, 0.05) is 25.6 Å². The molecule has 0 aliphatic carbocycles. The highest BCUT2D eigenvalue weighted by Gasteiger charge is 2.13. The lowest BCUT2D eigenvalue weighted by Gasteiger charge is -2.11. The Hall–Kier alpha value is -2.10. The number of aromatic nitrogens is 1. The maximum absolute atomic E-state index is 11.5. The molecule has 1 aromatic carbocycles. The zero-order chi connectivity index (χ0) is 20.4. The third kappa shape index (κ3) is 7.68. The van der Waals surface area contributed by atoms with E-state index in [4.69, 9.17) is 9.26 Å². The topological polar surface area (TPSA) is 88.8 Å². The third-order valence-electron chi connectivity index (χ3n) is 4.72. The van der Waals surface area contributed by atoms with Gasteiger partial charge in [0.1, 0.15) is 0 Å². The van der Waals surface area contributed by atoms with Gasteiger partial charge in [-0.05, 0) is 37.0 Å². The summed E-state index contributed by atoms with van der Waals surface area (Å²) in [6, 6.07) is 9.42. The molecule has 2 rings (SSSR count). The summed E-state index contributed by atoms with van der Waals surface area (Å²) in [4.78, 5) is 15.7. The summed E-state index contributed by atoms with van der Waals surface area (Å²) in [6.07, 6.45) is 2.92. The van der Waals surface area contributed by atoms with Crippen molar-refractivity contribution in [3.05, 3.63) is 52.9 Å². The second kappa shape index (κ2) is 13.2. The number of hydrogen-bond donors (Lipinski definition) is 2. The first-order chi connectivity index (χ1) is 13.6. The van der Waals surface area contributed by atoms with Crippen LogP contribution in [0.15, 0.2) is 39.8 Å². The number of ether oxygens (including phenoxy) is 1. The summed E-state index contributed by atoms with van der Waals surface area (Å²) in [7, 11) is 3.11. The minimum atomic E-state index is -0.325. The highest BCUT2D eigenvalue weighted by molar-refractivity contribution is 14.0. The molecule has 2 N–H and O–H groups in total. The Morgan fingerprint density at radius 1 is 1.21 bits per heavy atom. The van der Waals surface area contributed by atoms with Gasteiger partial charge in [0.15, 0.2) is 11.7 Å². The minimum Gasteiger partial charge on any atom is -0.465 e. The quantitative estimate of drug-likeness (QED) is 0.229. The first-order valence-electron chi connectivity index (χ1n) is 9.68. The van der Waals surface area contributed by atoms with Gasteiger partial charge in [0.25, 0.3) is 0 Å². The summed E-state index contributed by atoms with van der Waals surface area (Å²) in [5.41, 5.74) is 2.69. The predicted molar refractivity (Wildman–Crippen MR) is 125 cm³/mol. The number of nitrogens with zero attached hydrogens (tertiary/aromatic N) is 2. The Balaban J connectivity index is 0.00000420. The van der Waals surface area contributed by atoms with E-state index >= 15 is 0 Å². The van der Waals surface area contributed by atoms with Crippen LogP contribution >= 0.6 is 24.0 Å². The minimum absolute atomic E-state index is 0. The van der Waals surface area contributed by atoms with Crippen LogP contribution in [0.1, 0.15) is 60.0 Å². The van der Waals surface area contributed by atoms with Crippen molar-refractivity contribution in [2.75, 3.05) is 20.7 Å². The highest BCUT2D eigenvalue weighted by atomic mass is 127. The van der Waals surface area contributed by atoms with Crippen LogP contribution in [0, 0.1) is 0 Å². The van der Waals surface area contributed by atoms with Crippen molar-refractivity contribution in [3.63, 3.8) is 0 Å². The fourth-order valence-electron chi connectivity index (χ4n) is 2.95. The molecule has 2 aromatic rings. The number of carbonyl (C=O) groups excluding carboxylic acids is 1. The Morgan fingerprint density at radius 3 is 2.48 bits per heavy atom. The zero-order valence-electron chi connectivity index (χ0n) is 17.5. The molecule has 0 saturated carbocycles. The monoisotopic (exact) mass is 514 g/mol. The van der Waals surface area contributed by atoms with Crippen molar-refractivity contribution in [2.45, 2.75) is 45.6 Å². The molecule has 0 saturated heterocycles. The molecule has 0 spiro atoms. The molecule has 1 heterocycles. The molecule has 0 amide bonds. The fourth-order valence-corrected chi connectivity index (χ4v) is 2.95. The van der Waals surface area contributed by atoms with Gasteiger partial charge < -0.3 is 19.9 Å². The second-order valence-electron chi connectivity index (χ2n) is 6.52. The van der Waals surface area contributed by atoms with Crippen LogP contribution in [-0.4, -0.2) is 37.8 Å². The van der Waals surface area contributed by atoms with Crippen LogP contribution in [0.5, 0.6) is 0 Å². The smallest absolute Gasteiger partial charge is 0.337 e. The van der Waals surface area contributed by atoms with Crippen LogP contribution in [0.2, 0.25) is 0 Å². The van der Waals surface area contributed by atoms with Gasteiger partial charge in [-0.3, -0.25) is 4.99 Å². The highest BCUT2D eigenvalue weighted by Crippen LogP contribution is 2.22. The number of nitrogens with one attached hydrogen (secondary N) is 2. The predicted octanol–water partition coefficient (Wildman–Crippen LogP) is 3.89. The molecule has 0 fully saturated rings. The number of hydrogen-bond acceptors (Lipinski definition) is 5. The molecule has 0 atom stereocenters. The molecular formula is C21H31IN4O3. The number of aliphatic imine (C=N–C) groups is 1. The number of esters is 1. The Kier molecular flexibility index (Phi) is 11.3. The maximum Gasteiger partial charge on any atom is 0.337 e. The zero-order valence-corrected chi connectivity index (χ0v) is 19.9. The van der Waals surface area contributed by atoms with Gasteiger partial charge in [-0.25, -0.2) is 4.79 Å². The Bertz CT molecular complexity index is 770. The van der Waals surface area contributed by atoms with E-state index < -0.39 is 0 Å². The lowest BCUT2D eigenvalue weighted by atomic mass is 9.99. The summed E-state index contributed by atoms with van der Waals surface area (Å²) in [6.45, 7) is 5.57. The molecular weight excluding hydrogens is 483 g/mol. The van der Waals surface area contributed by atoms with E-state index in [1.807, 2.05) is 18.2 Å². The Morgan fingerprint density at radius 2 is 1.90 bits per heavy atom. The molecule has 160 valence electrons. The normalized spacial score (nSPS) is 11.1. The van der Waals surface area contributed by atoms with E-state index in [1.54, 1.807) is 19.2 Å². The number of carbonyl (C=O) groups is 1.